The third kappa shape index (κ3) is 5.27. The molecule has 2 aliphatic rings. The van der Waals surface area contributed by atoms with E-state index in [1.165, 1.54) is 10.5 Å². The summed E-state index contributed by atoms with van der Waals surface area (Å²) in [5.74, 6) is 2.42. The van der Waals surface area contributed by atoms with Crippen molar-refractivity contribution in [2.45, 2.75) is 17.9 Å². The molecule has 0 spiro atoms. The van der Waals surface area contributed by atoms with Crippen molar-refractivity contribution >= 4 is 15.8 Å². The number of aryl methyl sites for hydroxylation is 1. The first-order valence-corrected chi connectivity index (χ1v) is 12.1. The monoisotopic (exact) mass is 449 g/mol. The number of sulfonamides is 1. The lowest BCUT2D eigenvalue weighted by molar-refractivity contribution is 0.0143. The van der Waals surface area contributed by atoms with Crippen molar-refractivity contribution in [3.8, 4) is 0 Å². The molecule has 9 nitrogen and oxygen atoms in total. The van der Waals surface area contributed by atoms with E-state index in [0.29, 0.717) is 38.7 Å². The maximum atomic E-state index is 12.9. The number of pyridine rings is 1. The van der Waals surface area contributed by atoms with Gasteiger partial charge < -0.3 is 19.4 Å². The molecule has 0 radical (unpaired) electrons. The average Bonchev–Trinajstić information content (AvgIpc) is 3.21. The van der Waals surface area contributed by atoms with Gasteiger partial charge in [0.15, 0.2) is 0 Å². The molecule has 0 amide bonds. The fourth-order valence-electron chi connectivity index (χ4n) is 3.95. The molecule has 10 heteroatoms. The van der Waals surface area contributed by atoms with Crippen molar-refractivity contribution in [1.82, 2.24) is 19.1 Å². The molecule has 1 atom stereocenters. The maximum absolute atomic E-state index is 12.9. The molecule has 0 aliphatic carbocycles. The molecule has 2 fully saturated rings. The lowest BCUT2D eigenvalue weighted by atomic mass is 10.1. The Morgan fingerprint density at radius 1 is 1.06 bits per heavy atom. The largest absolute Gasteiger partial charge is 0.465 e. The van der Waals surface area contributed by atoms with Crippen LogP contribution in [0.2, 0.25) is 0 Å². The van der Waals surface area contributed by atoms with Crippen molar-refractivity contribution in [3.05, 3.63) is 42.0 Å². The van der Waals surface area contributed by atoms with Gasteiger partial charge in [-0.25, -0.2) is 13.4 Å². The summed E-state index contributed by atoms with van der Waals surface area (Å²) >= 11 is 0. The standard InChI is InChI=1S/C21H31N5O4S/c1-17-3-5-20(30-17)19(25-11-13-29-14-12-25)16-23-21-6-4-18(15-22-21)31(27,28)26-9-7-24(2)8-10-26/h3-6,15,19H,7-14,16H2,1-2H3,(H,22,23). The zero-order valence-electron chi connectivity index (χ0n) is 18.2. The zero-order chi connectivity index (χ0) is 21.8. The molecule has 0 bridgehead atoms. The highest BCUT2D eigenvalue weighted by atomic mass is 32.2. The fourth-order valence-corrected chi connectivity index (χ4v) is 5.32. The molecule has 2 aromatic rings. The summed E-state index contributed by atoms with van der Waals surface area (Å²) in [5, 5.41) is 3.35. The first kappa shape index (κ1) is 22.2. The van der Waals surface area contributed by atoms with E-state index in [2.05, 4.69) is 20.1 Å². The van der Waals surface area contributed by atoms with Crippen molar-refractivity contribution in [1.29, 1.82) is 0 Å². The van der Waals surface area contributed by atoms with Gasteiger partial charge in [-0.05, 0) is 38.2 Å². The molecule has 1 N–H and O–H groups in total. The summed E-state index contributed by atoms with van der Waals surface area (Å²) in [6.45, 7) is 8.09. The minimum Gasteiger partial charge on any atom is -0.465 e. The van der Waals surface area contributed by atoms with E-state index < -0.39 is 10.0 Å². The van der Waals surface area contributed by atoms with Gasteiger partial charge >= 0.3 is 0 Å². The summed E-state index contributed by atoms with van der Waals surface area (Å²) in [4.78, 5) is 9.06. The van der Waals surface area contributed by atoms with Gasteiger partial charge in [0, 0.05) is 52.0 Å². The Labute approximate surface area is 184 Å². The second-order valence-electron chi connectivity index (χ2n) is 8.08. The van der Waals surface area contributed by atoms with E-state index in [-0.39, 0.29) is 10.9 Å². The van der Waals surface area contributed by atoms with Crippen LogP contribution in [0.15, 0.2) is 39.8 Å². The number of anilines is 1. The van der Waals surface area contributed by atoms with Crippen molar-refractivity contribution in [2.24, 2.45) is 0 Å². The van der Waals surface area contributed by atoms with Crippen LogP contribution in [0, 0.1) is 6.92 Å². The highest BCUT2D eigenvalue weighted by molar-refractivity contribution is 7.89. The van der Waals surface area contributed by atoms with Crippen LogP contribution in [-0.2, 0) is 14.8 Å². The first-order chi connectivity index (χ1) is 14.9. The Hall–Kier alpha value is -1.98. The molecular formula is C21H31N5O4S. The quantitative estimate of drug-likeness (QED) is 0.679. The van der Waals surface area contributed by atoms with E-state index >= 15 is 0 Å². The average molecular weight is 450 g/mol. The third-order valence-corrected chi connectivity index (χ3v) is 7.77. The second-order valence-corrected chi connectivity index (χ2v) is 10.0. The number of morpholine rings is 1. The Kier molecular flexibility index (Phi) is 6.92. The number of nitrogens with one attached hydrogen (secondary N) is 1. The van der Waals surface area contributed by atoms with Crippen molar-refractivity contribution in [3.63, 3.8) is 0 Å². The summed E-state index contributed by atoms with van der Waals surface area (Å²) in [6.07, 6.45) is 1.44. The molecular weight excluding hydrogens is 418 g/mol. The molecule has 4 rings (SSSR count). The highest BCUT2D eigenvalue weighted by Crippen LogP contribution is 2.25. The number of piperazine rings is 1. The van der Waals surface area contributed by atoms with Crippen LogP contribution in [0.25, 0.3) is 0 Å². The number of nitrogens with zero attached hydrogens (tertiary/aromatic N) is 4. The van der Waals surface area contributed by atoms with Gasteiger partial charge in [0.1, 0.15) is 22.2 Å². The Balaban J connectivity index is 1.42. The van der Waals surface area contributed by atoms with Crippen LogP contribution in [0.5, 0.6) is 0 Å². The Bertz CT molecular complexity index is 948. The second kappa shape index (κ2) is 9.66. The summed E-state index contributed by atoms with van der Waals surface area (Å²) in [6, 6.07) is 7.39. The lowest BCUT2D eigenvalue weighted by Gasteiger charge is -2.33. The van der Waals surface area contributed by atoms with Gasteiger partial charge in [-0.15, -0.1) is 0 Å². The van der Waals surface area contributed by atoms with Crippen LogP contribution in [-0.4, -0.2) is 93.6 Å². The van der Waals surface area contributed by atoms with Gasteiger partial charge in [-0.3, -0.25) is 4.90 Å². The smallest absolute Gasteiger partial charge is 0.244 e. The molecule has 0 aromatic carbocycles. The number of ether oxygens (including phenoxy) is 1. The van der Waals surface area contributed by atoms with Gasteiger partial charge in [-0.1, -0.05) is 0 Å². The van der Waals surface area contributed by atoms with Crippen LogP contribution >= 0.6 is 0 Å². The van der Waals surface area contributed by atoms with E-state index in [4.69, 9.17) is 9.15 Å². The number of likely N-dealkylation sites (N-methyl/N-ethyl adjacent to an activating group) is 1. The highest BCUT2D eigenvalue weighted by Gasteiger charge is 2.28. The SMILES string of the molecule is Cc1ccc(C(CNc2ccc(S(=O)(=O)N3CCN(C)CC3)cn2)N2CCOCC2)o1. The van der Waals surface area contributed by atoms with Crippen LogP contribution in [0.1, 0.15) is 17.6 Å². The number of furan rings is 1. The molecule has 31 heavy (non-hydrogen) atoms. The van der Waals surface area contributed by atoms with Crippen molar-refractivity contribution < 1.29 is 17.6 Å². The topological polar surface area (TPSA) is 91.2 Å². The van der Waals surface area contributed by atoms with E-state index in [1.54, 1.807) is 12.1 Å². The normalized spacial score (nSPS) is 20.6. The predicted molar refractivity (Wildman–Crippen MR) is 118 cm³/mol. The molecule has 4 heterocycles. The Morgan fingerprint density at radius 3 is 2.42 bits per heavy atom. The van der Waals surface area contributed by atoms with Gasteiger partial charge in [0.2, 0.25) is 10.0 Å². The molecule has 170 valence electrons. The number of aromatic nitrogens is 1. The van der Waals surface area contributed by atoms with Crippen LogP contribution in [0.3, 0.4) is 0 Å². The fraction of sp³-hybridized carbons (Fsp3) is 0.571. The zero-order valence-corrected chi connectivity index (χ0v) is 19.0. The summed E-state index contributed by atoms with van der Waals surface area (Å²) in [5.41, 5.74) is 0. The minimum atomic E-state index is -3.51. The summed E-state index contributed by atoms with van der Waals surface area (Å²) in [7, 11) is -1.51. The lowest BCUT2D eigenvalue weighted by Crippen LogP contribution is -2.47. The van der Waals surface area contributed by atoms with Crippen LogP contribution < -0.4 is 5.32 Å². The third-order valence-electron chi connectivity index (χ3n) is 5.89. The molecule has 2 saturated heterocycles. The Morgan fingerprint density at radius 2 is 1.81 bits per heavy atom. The van der Waals surface area contributed by atoms with Gasteiger partial charge in [0.05, 0.1) is 19.3 Å². The predicted octanol–water partition coefficient (Wildman–Crippen LogP) is 1.40. The number of hydrogen-bond donors (Lipinski definition) is 1. The van der Waals surface area contributed by atoms with Crippen LogP contribution in [0.4, 0.5) is 5.82 Å². The molecule has 2 aliphatic heterocycles. The molecule has 2 aromatic heterocycles. The van der Waals surface area contributed by atoms with E-state index in [1.807, 2.05) is 26.1 Å². The van der Waals surface area contributed by atoms with E-state index in [0.717, 1.165) is 37.7 Å². The van der Waals surface area contributed by atoms with E-state index in [9.17, 15) is 8.42 Å². The van der Waals surface area contributed by atoms with Gasteiger partial charge in [0.25, 0.3) is 0 Å². The summed E-state index contributed by atoms with van der Waals surface area (Å²) < 4.78 is 38.7. The minimum absolute atomic E-state index is 0.0492. The number of rotatable bonds is 7. The first-order valence-electron chi connectivity index (χ1n) is 10.7. The molecule has 1 unspecified atom stereocenters. The molecule has 0 saturated carbocycles. The maximum Gasteiger partial charge on any atom is 0.244 e. The number of hydrogen-bond acceptors (Lipinski definition) is 8. The van der Waals surface area contributed by atoms with Gasteiger partial charge in [-0.2, -0.15) is 4.31 Å². The van der Waals surface area contributed by atoms with Crippen molar-refractivity contribution in [2.75, 3.05) is 71.4 Å².